The van der Waals surface area contributed by atoms with Gasteiger partial charge in [0.1, 0.15) is 0 Å². The van der Waals surface area contributed by atoms with Gasteiger partial charge in [0.15, 0.2) is 6.29 Å². The number of fused-ring (bicyclic) bond motifs is 1. The number of hydrogen-bond acceptors (Lipinski definition) is 3. The maximum atomic E-state index is 12.0. The normalized spacial score (nSPS) is 11.5. The van der Waals surface area contributed by atoms with E-state index in [4.69, 9.17) is 4.74 Å². The fourth-order valence-electron chi connectivity index (χ4n) is 2.64. The summed E-state index contributed by atoms with van der Waals surface area (Å²) in [5.41, 5.74) is 4.00. The minimum atomic E-state index is -0.376. The maximum absolute atomic E-state index is 12.0. The summed E-state index contributed by atoms with van der Waals surface area (Å²) in [5, 5.41) is 0.917. The van der Waals surface area contributed by atoms with Crippen LogP contribution in [0.1, 0.15) is 28.5 Å². The molecule has 3 rings (SSSR count). The number of benzene rings is 2. The second-order valence-electron chi connectivity index (χ2n) is 5.32. The van der Waals surface area contributed by atoms with E-state index in [1.54, 1.807) is 13.0 Å². The van der Waals surface area contributed by atoms with E-state index < -0.39 is 0 Å². The van der Waals surface area contributed by atoms with Gasteiger partial charge in [-0.3, -0.25) is 4.79 Å². The molecule has 0 radical (unpaired) electrons. The van der Waals surface area contributed by atoms with Gasteiger partial charge in [-0.25, -0.2) is 4.79 Å². The van der Waals surface area contributed by atoms with Gasteiger partial charge in [0.05, 0.1) is 12.3 Å². The third-order valence-electron chi connectivity index (χ3n) is 3.71. The molecule has 0 aliphatic heterocycles. The lowest BCUT2D eigenvalue weighted by atomic mass is 9.96. The third-order valence-corrected chi connectivity index (χ3v) is 3.71. The Kier molecular flexibility index (Phi) is 4.57. The number of carbonyl (C=O) groups is 2. The Balaban J connectivity index is 2.11. The van der Waals surface area contributed by atoms with Crippen molar-refractivity contribution >= 4 is 28.7 Å². The van der Waals surface area contributed by atoms with Gasteiger partial charge in [0, 0.05) is 17.0 Å². The molecule has 0 spiro atoms. The summed E-state index contributed by atoms with van der Waals surface area (Å²) in [6.45, 7) is 2.11. The standard InChI is InChI=1S/C20H17NO3/c1-2-24-20(23)12-18(14-6-4-3-5-7-14)15-8-9-19-16(10-15)11-17(13-22)21-19/h3-13,21H,2H2,1H3/b18-12-. The molecule has 0 unspecified atom stereocenters. The lowest BCUT2D eigenvalue weighted by Crippen LogP contribution is -2.01. The van der Waals surface area contributed by atoms with Crippen LogP contribution in [0, 0.1) is 0 Å². The number of rotatable bonds is 5. The summed E-state index contributed by atoms with van der Waals surface area (Å²) in [5.74, 6) is -0.376. The van der Waals surface area contributed by atoms with Gasteiger partial charge < -0.3 is 9.72 Å². The van der Waals surface area contributed by atoms with Crippen molar-refractivity contribution in [2.75, 3.05) is 6.61 Å². The number of nitrogens with one attached hydrogen (secondary N) is 1. The average molecular weight is 319 g/mol. The van der Waals surface area contributed by atoms with Crippen LogP contribution in [0.5, 0.6) is 0 Å². The fourth-order valence-corrected chi connectivity index (χ4v) is 2.64. The summed E-state index contributed by atoms with van der Waals surface area (Å²) in [6.07, 6.45) is 2.29. The molecule has 0 aliphatic carbocycles. The van der Waals surface area contributed by atoms with Crippen LogP contribution in [-0.2, 0) is 9.53 Å². The molecule has 1 N–H and O–H groups in total. The molecule has 0 saturated heterocycles. The molecular weight excluding hydrogens is 302 g/mol. The topological polar surface area (TPSA) is 59.2 Å². The summed E-state index contributed by atoms with van der Waals surface area (Å²) in [7, 11) is 0. The number of hydrogen-bond donors (Lipinski definition) is 1. The predicted octanol–water partition coefficient (Wildman–Crippen LogP) is 3.98. The first-order valence-corrected chi connectivity index (χ1v) is 7.73. The summed E-state index contributed by atoms with van der Waals surface area (Å²) < 4.78 is 5.06. The van der Waals surface area contributed by atoms with E-state index in [1.165, 1.54) is 6.08 Å². The highest BCUT2D eigenvalue weighted by molar-refractivity contribution is 5.98. The minimum absolute atomic E-state index is 0.330. The molecule has 120 valence electrons. The molecule has 4 heteroatoms. The highest BCUT2D eigenvalue weighted by Gasteiger charge is 2.10. The number of aldehydes is 1. The van der Waals surface area contributed by atoms with Crippen molar-refractivity contribution in [1.29, 1.82) is 0 Å². The first kappa shape index (κ1) is 15.7. The van der Waals surface area contributed by atoms with Crippen molar-refractivity contribution in [2.45, 2.75) is 6.92 Å². The Morgan fingerprint density at radius 3 is 2.58 bits per heavy atom. The largest absolute Gasteiger partial charge is 0.463 e. The summed E-state index contributed by atoms with van der Waals surface area (Å²) in [4.78, 5) is 25.9. The van der Waals surface area contributed by atoms with Crippen molar-refractivity contribution in [3.8, 4) is 0 Å². The van der Waals surface area contributed by atoms with Crippen LogP contribution in [0.4, 0.5) is 0 Å². The van der Waals surface area contributed by atoms with E-state index in [1.807, 2.05) is 48.5 Å². The number of H-pyrrole nitrogens is 1. The molecule has 0 aliphatic rings. The summed E-state index contributed by atoms with van der Waals surface area (Å²) in [6, 6.07) is 17.2. The molecular formula is C20H17NO3. The fraction of sp³-hybridized carbons (Fsp3) is 0.100. The molecule has 0 amide bonds. The Bertz CT molecular complexity index is 907. The first-order chi connectivity index (χ1) is 11.7. The third kappa shape index (κ3) is 3.27. The van der Waals surface area contributed by atoms with E-state index in [2.05, 4.69) is 4.98 Å². The van der Waals surface area contributed by atoms with E-state index in [0.717, 1.165) is 33.9 Å². The van der Waals surface area contributed by atoms with E-state index in [-0.39, 0.29) is 5.97 Å². The lowest BCUT2D eigenvalue weighted by Gasteiger charge is -2.09. The molecule has 2 aromatic carbocycles. The van der Waals surface area contributed by atoms with Gasteiger partial charge >= 0.3 is 5.97 Å². The molecule has 0 atom stereocenters. The smallest absolute Gasteiger partial charge is 0.331 e. The molecule has 24 heavy (non-hydrogen) atoms. The van der Waals surface area contributed by atoms with Gasteiger partial charge in [-0.05, 0) is 41.8 Å². The number of ether oxygens (including phenoxy) is 1. The van der Waals surface area contributed by atoms with Crippen molar-refractivity contribution in [3.63, 3.8) is 0 Å². The molecule has 0 bridgehead atoms. The van der Waals surface area contributed by atoms with Crippen molar-refractivity contribution in [1.82, 2.24) is 4.98 Å². The van der Waals surface area contributed by atoms with E-state index in [9.17, 15) is 9.59 Å². The van der Waals surface area contributed by atoms with Crippen LogP contribution >= 0.6 is 0 Å². The van der Waals surface area contributed by atoms with E-state index in [0.29, 0.717) is 12.3 Å². The minimum Gasteiger partial charge on any atom is -0.463 e. The molecule has 0 saturated carbocycles. The number of aromatic amines is 1. The summed E-state index contributed by atoms with van der Waals surface area (Å²) >= 11 is 0. The Labute approximate surface area is 139 Å². The highest BCUT2D eigenvalue weighted by Crippen LogP contribution is 2.27. The predicted molar refractivity (Wildman–Crippen MR) is 93.8 cm³/mol. The van der Waals surface area contributed by atoms with Crippen molar-refractivity contribution in [3.05, 3.63) is 77.5 Å². The zero-order chi connectivity index (χ0) is 16.9. The average Bonchev–Trinajstić information content (AvgIpc) is 3.03. The van der Waals surface area contributed by atoms with Crippen LogP contribution in [-0.4, -0.2) is 23.8 Å². The number of carbonyl (C=O) groups excluding carboxylic acids is 2. The Morgan fingerprint density at radius 2 is 1.88 bits per heavy atom. The Hall–Kier alpha value is -3.14. The molecule has 0 fully saturated rings. The van der Waals surface area contributed by atoms with Gasteiger partial charge in [0.2, 0.25) is 0 Å². The molecule has 4 nitrogen and oxygen atoms in total. The number of aromatic nitrogens is 1. The second kappa shape index (κ2) is 6.96. The van der Waals surface area contributed by atoms with Gasteiger partial charge in [0.25, 0.3) is 0 Å². The molecule has 1 aromatic heterocycles. The van der Waals surface area contributed by atoms with Crippen molar-refractivity contribution < 1.29 is 14.3 Å². The zero-order valence-electron chi connectivity index (χ0n) is 13.3. The lowest BCUT2D eigenvalue weighted by molar-refractivity contribution is -0.137. The van der Waals surface area contributed by atoms with Crippen LogP contribution in [0.15, 0.2) is 60.7 Å². The van der Waals surface area contributed by atoms with Gasteiger partial charge in [-0.1, -0.05) is 36.4 Å². The molecule has 3 aromatic rings. The van der Waals surface area contributed by atoms with Crippen LogP contribution < -0.4 is 0 Å². The maximum Gasteiger partial charge on any atom is 0.331 e. The zero-order valence-corrected chi connectivity index (χ0v) is 13.3. The second-order valence-corrected chi connectivity index (χ2v) is 5.32. The quantitative estimate of drug-likeness (QED) is 0.440. The number of esters is 1. The van der Waals surface area contributed by atoms with Gasteiger partial charge in [-0.15, -0.1) is 0 Å². The first-order valence-electron chi connectivity index (χ1n) is 7.73. The molecule has 1 heterocycles. The van der Waals surface area contributed by atoms with Crippen LogP contribution in [0.25, 0.3) is 16.5 Å². The Morgan fingerprint density at radius 1 is 1.08 bits per heavy atom. The highest BCUT2D eigenvalue weighted by atomic mass is 16.5. The van der Waals surface area contributed by atoms with Crippen LogP contribution in [0.3, 0.4) is 0 Å². The monoisotopic (exact) mass is 319 g/mol. The van der Waals surface area contributed by atoms with Crippen molar-refractivity contribution in [2.24, 2.45) is 0 Å². The SMILES string of the molecule is CCOC(=O)/C=C(/c1ccccc1)c1ccc2[nH]c(C=O)cc2c1. The van der Waals surface area contributed by atoms with Crippen LogP contribution in [0.2, 0.25) is 0 Å². The van der Waals surface area contributed by atoms with Gasteiger partial charge in [-0.2, -0.15) is 0 Å². The van der Waals surface area contributed by atoms with E-state index >= 15 is 0 Å².